The second-order valence-electron chi connectivity index (χ2n) is 12.4. The molecule has 0 bridgehead atoms. The van der Waals surface area contributed by atoms with Crippen LogP contribution >= 0.6 is 0 Å². The van der Waals surface area contributed by atoms with Gasteiger partial charge in [0.2, 0.25) is 0 Å². The normalized spacial score (nSPS) is 13.0. The Hall–Kier alpha value is -5.42. The Morgan fingerprint density at radius 3 is 1.42 bits per heavy atom. The third-order valence-electron chi connectivity index (χ3n) is 7.34. The fourth-order valence-corrected chi connectivity index (χ4v) is 4.47. The summed E-state index contributed by atoms with van der Waals surface area (Å²) in [6.07, 6.45) is 2.97. The zero-order chi connectivity index (χ0) is 35.7. The first-order valence-corrected chi connectivity index (χ1v) is 16.5. The van der Waals surface area contributed by atoms with Gasteiger partial charge in [-0.05, 0) is 87.1 Å². The van der Waals surface area contributed by atoms with Crippen LogP contribution in [0.3, 0.4) is 0 Å². The number of carbonyl (C=O) groups excluding carboxylic acids is 2. The second-order valence-corrected chi connectivity index (χ2v) is 12.4. The minimum atomic E-state index is -1.13. The van der Waals surface area contributed by atoms with Crippen LogP contribution in [0.5, 0.6) is 11.5 Å². The van der Waals surface area contributed by atoms with E-state index in [0.29, 0.717) is 74.8 Å². The highest BCUT2D eigenvalue weighted by molar-refractivity contribution is 6.29. The van der Waals surface area contributed by atoms with Gasteiger partial charge in [0.15, 0.2) is 11.5 Å². The van der Waals surface area contributed by atoms with Crippen LogP contribution < -0.4 is 20.9 Å². The van der Waals surface area contributed by atoms with Crippen LogP contribution in [0.1, 0.15) is 62.6 Å². The van der Waals surface area contributed by atoms with Gasteiger partial charge >= 0.3 is 11.9 Å². The van der Waals surface area contributed by atoms with Gasteiger partial charge < -0.3 is 39.2 Å². The van der Waals surface area contributed by atoms with Crippen molar-refractivity contribution in [2.75, 3.05) is 26.4 Å². The highest BCUT2D eigenvalue weighted by Gasteiger charge is 2.28. The molecule has 2 aromatic heterocycles. The largest absolute Gasteiger partial charge is 0.493 e. The Kier molecular flexibility index (Phi) is 14.2. The summed E-state index contributed by atoms with van der Waals surface area (Å²) in [5.41, 5.74) is 10.8. The number of hydrogen-bond acceptors (Lipinski definition) is 10. The molecule has 4 rings (SSSR count). The summed E-state index contributed by atoms with van der Waals surface area (Å²) in [4.78, 5) is 24.6. The van der Waals surface area contributed by atoms with Crippen molar-refractivity contribution in [3.63, 3.8) is 0 Å². The van der Waals surface area contributed by atoms with Crippen molar-refractivity contribution in [3.8, 4) is 35.2 Å². The molecule has 2 aromatic carbocycles. The van der Waals surface area contributed by atoms with Gasteiger partial charge in [0.1, 0.15) is 36.2 Å². The van der Waals surface area contributed by atoms with Crippen molar-refractivity contribution in [1.29, 1.82) is 0 Å². The van der Waals surface area contributed by atoms with Crippen molar-refractivity contribution >= 4 is 11.9 Å². The van der Waals surface area contributed by atoms with E-state index in [1.165, 1.54) is 0 Å². The van der Waals surface area contributed by atoms with E-state index in [2.05, 4.69) is 23.7 Å². The zero-order valence-electron chi connectivity index (χ0n) is 28.6. The molecule has 0 aliphatic rings. The van der Waals surface area contributed by atoms with Crippen LogP contribution in [0.15, 0.2) is 93.8 Å². The topological polar surface area (TPSA) is 149 Å². The fourth-order valence-electron chi connectivity index (χ4n) is 4.47. The molecule has 2 atom stereocenters. The molecule has 0 aliphatic carbocycles. The SMILES string of the molecule is C[C@@](N)(CCc1ccc(C#CCCOc2ccccc2)o1)COC(=O)C(=O)OC[C@](C)(N)CCc1ccc(C#CCCOc2ccccc2)o1. The van der Waals surface area contributed by atoms with Crippen molar-refractivity contribution in [2.24, 2.45) is 11.5 Å². The Balaban J connectivity index is 1.09. The molecule has 4 aromatic rings. The average molecular weight is 681 g/mol. The molecular formula is C40H44N2O8. The van der Waals surface area contributed by atoms with Gasteiger partial charge in [0.25, 0.3) is 0 Å². The molecule has 0 unspecified atom stereocenters. The van der Waals surface area contributed by atoms with Crippen LogP contribution in [0.25, 0.3) is 0 Å². The lowest BCUT2D eigenvalue weighted by atomic mass is 9.97. The lowest BCUT2D eigenvalue weighted by Gasteiger charge is -2.25. The Morgan fingerprint density at radius 1 is 0.620 bits per heavy atom. The molecule has 50 heavy (non-hydrogen) atoms. The quantitative estimate of drug-likeness (QED) is 0.0663. The maximum atomic E-state index is 12.3. The van der Waals surface area contributed by atoms with Crippen molar-refractivity contribution in [1.82, 2.24) is 0 Å². The molecule has 0 radical (unpaired) electrons. The van der Waals surface area contributed by atoms with Gasteiger partial charge in [0.05, 0.1) is 13.2 Å². The van der Waals surface area contributed by atoms with Gasteiger partial charge in [0, 0.05) is 36.8 Å². The van der Waals surface area contributed by atoms with E-state index in [1.807, 2.05) is 72.8 Å². The molecule has 4 N–H and O–H groups in total. The lowest BCUT2D eigenvalue weighted by Crippen LogP contribution is -2.45. The number of rotatable bonds is 16. The molecule has 10 heteroatoms. The Labute approximate surface area is 293 Å². The van der Waals surface area contributed by atoms with Gasteiger partial charge in [-0.3, -0.25) is 0 Å². The zero-order valence-corrected chi connectivity index (χ0v) is 28.6. The molecular weight excluding hydrogens is 636 g/mol. The number of benzene rings is 2. The number of nitrogens with two attached hydrogens (primary N) is 2. The number of carbonyl (C=O) groups is 2. The Morgan fingerprint density at radius 2 is 1.02 bits per heavy atom. The van der Waals surface area contributed by atoms with E-state index in [0.717, 1.165) is 11.5 Å². The number of furan rings is 2. The molecule has 0 amide bonds. The summed E-state index contributed by atoms with van der Waals surface area (Å²) < 4.78 is 33.1. The molecule has 0 saturated carbocycles. The predicted molar refractivity (Wildman–Crippen MR) is 188 cm³/mol. The van der Waals surface area contributed by atoms with Gasteiger partial charge in [-0.25, -0.2) is 9.59 Å². The third-order valence-corrected chi connectivity index (χ3v) is 7.34. The van der Waals surface area contributed by atoms with Crippen molar-refractivity contribution < 1.29 is 37.4 Å². The smallest absolute Gasteiger partial charge is 0.417 e. The van der Waals surface area contributed by atoms with Gasteiger partial charge in [-0.2, -0.15) is 0 Å². The van der Waals surface area contributed by atoms with Crippen molar-refractivity contribution in [3.05, 3.63) is 108 Å². The first-order valence-electron chi connectivity index (χ1n) is 16.5. The monoisotopic (exact) mass is 680 g/mol. The van der Waals surface area contributed by atoms with Gasteiger partial charge in [-0.1, -0.05) is 48.2 Å². The number of aryl methyl sites for hydroxylation is 2. The van der Waals surface area contributed by atoms with E-state index in [4.69, 9.17) is 39.2 Å². The summed E-state index contributed by atoms with van der Waals surface area (Å²) in [7, 11) is 0. The van der Waals surface area contributed by atoms with E-state index in [1.54, 1.807) is 26.0 Å². The molecule has 10 nitrogen and oxygen atoms in total. The molecule has 0 fully saturated rings. The molecule has 2 heterocycles. The fraction of sp³-hybridized carbons (Fsp3) is 0.350. The maximum absolute atomic E-state index is 12.3. The number of esters is 2. The summed E-state index contributed by atoms with van der Waals surface area (Å²) >= 11 is 0. The highest BCUT2D eigenvalue weighted by Crippen LogP contribution is 2.17. The minimum Gasteiger partial charge on any atom is -0.493 e. The summed E-state index contributed by atoms with van der Waals surface area (Å²) in [6.45, 7) is 4.05. The number of para-hydroxylation sites is 2. The van der Waals surface area contributed by atoms with Crippen LogP contribution in [0.4, 0.5) is 0 Å². The van der Waals surface area contributed by atoms with E-state index >= 15 is 0 Å². The van der Waals surface area contributed by atoms with E-state index in [-0.39, 0.29) is 13.2 Å². The van der Waals surface area contributed by atoms with E-state index in [9.17, 15) is 9.59 Å². The highest BCUT2D eigenvalue weighted by atomic mass is 16.6. The second kappa shape index (κ2) is 18.9. The maximum Gasteiger partial charge on any atom is 0.417 e. The van der Waals surface area contributed by atoms with Crippen LogP contribution in [0, 0.1) is 23.7 Å². The molecule has 0 spiro atoms. The van der Waals surface area contributed by atoms with Gasteiger partial charge in [-0.15, -0.1) is 0 Å². The van der Waals surface area contributed by atoms with Crippen LogP contribution in [0.2, 0.25) is 0 Å². The summed E-state index contributed by atoms with van der Waals surface area (Å²) in [5, 5.41) is 0. The Bertz CT molecular complexity index is 1640. The molecule has 262 valence electrons. The summed E-state index contributed by atoms with van der Waals surface area (Å²) in [6, 6.07) is 26.4. The average Bonchev–Trinajstić information content (AvgIpc) is 3.78. The van der Waals surface area contributed by atoms with Crippen LogP contribution in [-0.2, 0) is 31.9 Å². The van der Waals surface area contributed by atoms with Crippen LogP contribution in [-0.4, -0.2) is 49.4 Å². The lowest BCUT2D eigenvalue weighted by molar-refractivity contribution is -0.169. The first kappa shape index (κ1) is 37.4. The third kappa shape index (κ3) is 14.0. The standard InChI is InChI=1S/C40H44N2O8/c1-39(41,25-23-35-21-19-33(49-35)17-9-11-27-45-31-13-5-3-6-14-31)29-47-37(43)38(44)48-30-40(2,42)26-24-36-22-20-34(50-36)18-10-12-28-46-32-15-7-4-8-16-32/h3-8,13-16,19-22H,11-12,23-30,41-42H2,1-2H3/t39-,40-/m1/s1. The van der Waals surface area contributed by atoms with E-state index < -0.39 is 23.0 Å². The molecule has 0 saturated heterocycles. The minimum absolute atomic E-state index is 0.181. The summed E-state index contributed by atoms with van der Waals surface area (Å²) in [5.74, 6) is 13.9. The predicted octanol–water partition coefficient (Wildman–Crippen LogP) is 5.60. The molecule has 0 aliphatic heterocycles. The van der Waals surface area contributed by atoms with Crippen molar-refractivity contribution in [2.45, 2.75) is 63.5 Å². The number of ether oxygens (including phenoxy) is 4. The first-order chi connectivity index (χ1) is 24.1. The number of hydrogen-bond donors (Lipinski definition) is 2.